The van der Waals surface area contributed by atoms with Crippen LogP contribution in [-0.4, -0.2) is 9.97 Å². The Hall–Kier alpha value is -2.07. The van der Waals surface area contributed by atoms with E-state index in [1.807, 2.05) is 19.1 Å². The van der Waals surface area contributed by atoms with Crippen molar-refractivity contribution in [1.29, 1.82) is 0 Å². The quantitative estimate of drug-likeness (QED) is 0.859. The van der Waals surface area contributed by atoms with Crippen LogP contribution in [0.1, 0.15) is 48.9 Å². The minimum atomic E-state index is 0.0170. The van der Waals surface area contributed by atoms with Crippen molar-refractivity contribution in [3.05, 3.63) is 52.2 Å². The van der Waals surface area contributed by atoms with Gasteiger partial charge in [-0.1, -0.05) is 55.1 Å². The molecule has 1 fully saturated rings. The van der Waals surface area contributed by atoms with E-state index in [-0.39, 0.29) is 11.4 Å². The molecule has 2 aromatic rings. The lowest BCUT2D eigenvalue weighted by atomic mass is 9.69. The van der Waals surface area contributed by atoms with Gasteiger partial charge in [0.15, 0.2) is 0 Å². The number of nitrogens with zero attached hydrogens (tertiary/aromatic N) is 2. The first kappa shape index (κ1) is 16.8. The van der Waals surface area contributed by atoms with Crippen LogP contribution in [0.5, 0.6) is 0 Å². The molecule has 0 amide bonds. The van der Waals surface area contributed by atoms with Gasteiger partial charge in [0.05, 0.1) is 5.69 Å². The second-order valence-electron chi connectivity index (χ2n) is 6.52. The van der Waals surface area contributed by atoms with E-state index in [1.165, 1.54) is 24.8 Å². The summed E-state index contributed by atoms with van der Waals surface area (Å²) < 4.78 is 0. The predicted molar refractivity (Wildman–Crippen MR) is 101 cm³/mol. The van der Waals surface area contributed by atoms with E-state index in [9.17, 15) is 0 Å². The molecule has 4 nitrogen and oxygen atoms in total. The maximum Gasteiger partial charge on any atom is 0.222 e. The number of hydrogen-bond acceptors (Lipinski definition) is 4. The highest BCUT2D eigenvalue weighted by Crippen LogP contribution is 2.41. The molecule has 3 rings (SSSR count). The first-order chi connectivity index (χ1) is 11.5. The van der Waals surface area contributed by atoms with Crippen LogP contribution in [0, 0.1) is 6.92 Å². The average molecular weight is 343 g/mol. The lowest BCUT2D eigenvalue weighted by Crippen LogP contribution is -2.26. The fraction of sp³-hybridized carbons (Fsp3) is 0.368. The molecule has 4 N–H and O–H groups in total. The highest BCUT2D eigenvalue weighted by Gasteiger charge is 2.31. The lowest BCUT2D eigenvalue weighted by Gasteiger charge is -2.35. The van der Waals surface area contributed by atoms with Crippen molar-refractivity contribution in [2.24, 2.45) is 0 Å². The van der Waals surface area contributed by atoms with E-state index in [0.29, 0.717) is 5.82 Å². The van der Waals surface area contributed by atoms with Crippen LogP contribution in [0.3, 0.4) is 0 Å². The standard InChI is InChI=1S/C19H23ClN4/c1-13-16(17(21)24-18(22)23-13)9-12-19(10-3-2-4-11-19)14-5-7-15(20)8-6-14/h5-9,12H,2-4,10-11H2,1H3,(H4,21,22,23,24)/b12-9+. The number of aryl methyl sites for hydroxylation is 1. The highest BCUT2D eigenvalue weighted by atomic mass is 35.5. The molecule has 1 aliphatic rings. The molecule has 1 saturated carbocycles. The van der Waals surface area contributed by atoms with Crippen molar-refractivity contribution in [2.75, 3.05) is 11.5 Å². The van der Waals surface area contributed by atoms with Crippen LogP contribution >= 0.6 is 11.6 Å². The predicted octanol–water partition coefficient (Wildman–Crippen LogP) is 4.52. The van der Waals surface area contributed by atoms with Crippen LogP contribution in [-0.2, 0) is 5.41 Å². The normalized spacial score (nSPS) is 17.2. The molecule has 0 spiro atoms. The van der Waals surface area contributed by atoms with Crippen molar-refractivity contribution in [3.8, 4) is 0 Å². The van der Waals surface area contributed by atoms with Gasteiger partial charge in [-0.3, -0.25) is 0 Å². The van der Waals surface area contributed by atoms with Gasteiger partial charge in [0.1, 0.15) is 5.82 Å². The van der Waals surface area contributed by atoms with E-state index in [0.717, 1.165) is 29.1 Å². The molecule has 1 aromatic carbocycles. The Morgan fingerprint density at radius 3 is 2.33 bits per heavy atom. The summed E-state index contributed by atoms with van der Waals surface area (Å²) in [5, 5.41) is 0.765. The van der Waals surface area contributed by atoms with Crippen molar-refractivity contribution in [3.63, 3.8) is 0 Å². The molecule has 5 heteroatoms. The van der Waals surface area contributed by atoms with Gasteiger partial charge in [-0.25, -0.2) is 4.98 Å². The van der Waals surface area contributed by atoms with Crippen LogP contribution < -0.4 is 11.5 Å². The molecule has 1 heterocycles. The largest absolute Gasteiger partial charge is 0.383 e. The van der Waals surface area contributed by atoms with Gasteiger partial charge in [-0.2, -0.15) is 4.98 Å². The molecule has 0 radical (unpaired) electrons. The molecular formula is C19H23ClN4. The zero-order chi connectivity index (χ0) is 17.2. The Kier molecular flexibility index (Phi) is 4.76. The van der Waals surface area contributed by atoms with Gasteiger partial charge in [-0.15, -0.1) is 0 Å². The summed E-state index contributed by atoms with van der Waals surface area (Å²) in [5.41, 5.74) is 14.7. The third-order valence-corrected chi connectivity index (χ3v) is 5.17. The zero-order valence-corrected chi connectivity index (χ0v) is 14.7. The first-order valence-electron chi connectivity index (χ1n) is 8.35. The molecule has 126 valence electrons. The molecule has 0 bridgehead atoms. The molecule has 1 aliphatic carbocycles. The number of anilines is 2. The maximum absolute atomic E-state index is 6.06. The second-order valence-corrected chi connectivity index (χ2v) is 6.96. The number of nitrogen functional groups attached to an aromatic ring is 2. The zero-order valence-electron chi connectivity index (χ0n) is 13.9. The minimum absolute atomic E-state index is 0.0170. The Morgan fingerprint density at radius 2 is 1.71 bits per heavy atom. The summed E-state index contributed by atoms with van der Waals surface area (Å²) in [5.74, 6) is 0.644. The lowest BCUT2D eigenvalue weighted by molar-refractivity contribution is 0.358. The summed E-state index contributed by atoms with van der Waals surface area (Å²) in [6, 6.07) is 8.20. The number of nitrogens with two attached hydrogens (primary N) is 2. The van der Waals surface area contributed by atoms with Crippen LogP contribution in [0.2, 0.25) is 5.02 Å². The van der Waals surface area contributed by atoms with Crippen molar-refractivity contribution < 1.29 is 0 Å². The molecule has 24 heavy (non-hydrogen) atoms. The van der Waals surface area contributed by atoms with Gasteiger partial charge >= 0.3 is 0 Å². The van der Waals surface area contributed by atoms with Gasteiger partial charge in [0.25, 0.3) is 0 Å². The maximum atomic E-state index is 6.06. The minimum Gasteiger partial charge on any atom is -0.383 e. The number of aromatic nitrogens is 2. The summed E-state index contributed by atoms with van der Waals surface area (Å²) in [6.07, 6.45) is 10.3. The number of allylic oxidation sites excluding steroid dienone is 1. The molecule has 0 aliphatic heterocycles. The van der Waals surface area contributed by atoms with Gasteiger partial charge < -0.3 is 11.5 Å². The summed E-state index contributed by atoms with van der Waals surface area (Å²) >= 11 is 6.06. The fourth-order valence-corrected chi connectivity index (χ4v) is 3.72. The van der Waals surface area contributed by atoms with E-state index in [1.54, 1.807) is 0 Å². The van der Waals surface area contributed by atoms with Crippen molar-refractivity contribution in [2.45, 2.75) is 44.4 Å². The van der Waals surface area contributed by atoms with Gasteiger partial charge in [-0.05, 0) is 37.5 Å². The smallest absolute Gasteiger partial charge is 0.222 e. The third kappa shape index (κ3) is 3.39. The topological polar surface area (TPSA) is 77.8 Å². The summed E-state index contributed by atoms with van der Waals surface area (Å²) in [7, 11) is 0. The van der Waals surface area contributed by atoms with E-state index in [4.69, 9.17) is 23.1 Å². The Morgan fingerprint density at radius 1 is 1.04 bits per heavy atom. The number of halogens is 1. The van der Waals surface area contributed by atoms with Gasteiger partial charge in [0, 0.05) is 16.0 Å². The third-order valence-electron chi connectivity index (χ3n) is 4.92. The monoisotopic (exact) mass is 342 g/mol. The first-order valence-corrected chi connectivity index (χ1v) is 8.73. The molecule has 0 atom stereocenters. The highest BCUT2D eigenvalue weighted by molar-refractivity contribution is 6.30. The number of benzene rings is 1. The second kappa shape index (κ2) is 6.81. The van der Waals surface area contributed by atoms with Crippen LogP contribution in [0.4, 0.5) is 11.8 Å². The summed E-state index contributed by atoms with van der Waals surface area (Å²) in [4.78, 5) is 8.30. The molecule has 0 saturated heterocycles. The molecule has 1 aromatic heterocycles. The van der Waals surface area contributed by atoms with Crippen molar-refractivity contribution >= 4 is 29.4 Å². The number of rotatable bonds is 3. The number of hydrogen-bond donors (Lipinski definition) is 2. The van der Waals surface area contributed by atoms with E-state index >= 15 is 0 Å². The molecule has 0 unspecified atom stereocenters. The SMILES string of the molecule is Cc1nc(N)nc(N)c1/C=C/C1(c2ccc(Cl)cc2)CCCCC1. The van der Waals surface area contributed by atoms with Crippen molar-refractivity contribution in [1.82, 2.24) is 9.97 Å². The average Bonchev–Trinajstić information content (AvgIpc) is 2.55. The Bertz CT molecular complexity index is 723. The van der Waals surface area contributed by atoms with E-state index in [2.05, 4.69) is 34.3 Å². The fourth-order valence-electron chi connectivity index (χ4n) is 3.59. The summed E-state index contributed by atoms with van der Waals surface area (Å²) in [6.45, 7) is 1.91. The van der Waals surface area contributed by atoms with Crippen LogP contribution in [0.25, 0.3) is 6.08 Å². The Balaban J connectivity index is 2.00. The molecular weight excluding hydrogens is 320 g/mol. The van der Waals surface area contributed by atoms with Crippen LogP contribution in [0.15, 0.2) is 30.3 Å². The van der Waals surface area contributed by atoms with E-state index < -0.39 is 0 Å². The van der Waals surface area contributed by atoms with Gasteiger partial charge in [0.2, 0.25) is 5.95 Å². The Labute approximate surface area is 147 Å².